The van der Waals surface area contributed by atoms with E-state index in [1.807, 2.05) is 18.3 Å². The van der Waals surface area contributed by atoms with E-state index >= 15 is 0 Å². The van der Waals surface area contributed by atoms with Gasteiger partial charge >= 0.3 is 0 Å². The van der Waals surface area contributed by atoms with Crippen LogP contribution in [0, 0.1) is 0 Å². The minimum absolute atomic E-state index is 0.860. The lowest BCUT2D eigenvalue weighted by Crippen LogP contribution is -1.90. The molecule has 2 aromatic heterocycles. The second-order valence-electron chi connectivity index (χ2n) is 7.03. The lowest BCUT2D eigenvalue weighted by Gasteiger charge is -2.09. The number of rotatable bonds is 2. The third-order valence-electron chi connectivity index (χ3n) is 5.31. The van der Waals surface area contributed by atoms with Gasteiger partial charge in [-0.1, -0.05) is 42.5 Å². The Morgan fingerprint density at radius 3 is 2.36 bits per heavy atom. The molecule has 0 aliphatic rings. The molecule has 6 aromatic rings. The zero-order chi connectivity index (χ0) is 18.5. The molecule has 0 spiro atoms. The van der Waals surface area contributed by atoms with Crippen LogP contribution in [-0.2, 0) is 0 Å². The van der Waals surface area contributed by atoms with Gasteiger partial charge in [0.1, 0.15) is 11.2 Å². The molecule has 3 heteroatoms. The van der Waals surface area contributed by atoms with Crippen molar-refractivity contribution in [1.29, 1.82) is 0 Å². The molecular weight excluding hydrogens is 344 g/mol. The van der Waals surface area contributed by atoms with Gasteiger partial charge in [0.25, 0.3) is 0 Å². The average molecular weight is 360 g/mol. The van der Waals surface area contributed by atoms with Gasteiger partial charge < -0.3 is 9.73 Å². The molecular formula is C25H16N2O. The molecule has 6 rings (SSSR count). The number of hydrogen-bond donors (Lipinski definition) is 1. The first-order chi connectivity index (χ1) is 13.8. The second kappa shape index (κ2) is 5.83. The fourth-order valence-electron chi connectivity index (χ4n) is 3.94. The number of benzene rings is 4. The maximum atomic E-state index is 5.98. The highest BCUT2D eigenvalue weighted by molar-refractivity contribution is 6.09. The van der Waals surface area contributed by atoms with Gasteiger partial charge in [-0.05, 0) is 51.9 Å². The van der Waals surface area contributed by atoms with Gasteiger partial charge in [0, 0.05) is 40.6 Å². The summed E-state index contributed by atoms with van der Waals surface area (Å²) in [5.41, 5.74) is 3.78. The largest absolute Gasteiger partial charge is 0.456 e. The van der Waals surface area contributed by atoms with Gasteiger partial charge in [-0.15, -0.1) is 0 Å². The van der Waals surface area contributed by atoms with E-state index in [9.17, 15) is 0 Å². The summed E-state index contributed by atoms with van der Waals surface area (Å²) in [5, 5.41) is 10.7. The highest BCUT2D eigenvalue weighted by Gasteiger charge is 2.08. The molecule has 3 nitrogen and oxygen atoms in total. The third-order valence-corrected chi connectivity index (χ3v) is 5.31. The molecule has 0 unspecified atom stereocenters. The van der Waals surface area contributed by atoms with Crippen molar-refractivity contribution in [3.63, 3.8) is 0 Å². The molecule has 4 aromatic carbocycles. The maximum absolute atomic E-state index is 5.98. The molecule has 2 heterocycles. The molecule has 1 N–H and O–H groups in total. The van der Waals surface area contributed by atoms with Crippen molar-refractivity contribution < 1.29 is 4.42 Å². The van der Waals surface area contributed by atoms with Crippen molar-refractivity contribution in [2.75, 3.05) is 5.32 Å². The zero-order valence-electron chi connectivity index (χ0n) is 15.0. The van der Waals surface area contributed by atoms with Crippen LogP contribution in [0.3, 0.4) is 0 Å². The number of aromatic nitrogens is 1. The van der Waals surface area contributed by atoms with Crippen molar-refractivity contribution in [3.8, 4) is 0 Å². The maximum Gasteiger partial charge on any atom is 0.138 e. The number of furan rings is 1. The van der Waals surface area contributed by atoms with Crippen molar-refractivity contribution in [3.05, 3.63) is 91.3 Å². The van der Waals surface area contributed by atoms with Crippen LogP contribution in [-0.4, -0.2) is 4.98 Å². The SMILES string of the molecule is c1ccc2c(c1)ccc1ccc(Nc3ccc4c(c3)oc3ccncc34)cc12. The van der Waals surface area contributed by atoms with E-state index < -0.39 is 0 Å². The first-order valence-electron chi connectivity index (χ1n) is 9.30. The summed E-state index contributed by atoms with van der Waals surface area (Å²) in [4.78, 5) is 4.20. The van der Waals surface area contributed by atoms with Gasteiger partial charge in [-0.25, -0.2) is 0 Å². The van der Waals surface area contributed by atoms with Crippen LogP contribution in [0.1, 0.15) is 0 Å². The van der Waals surface area contributed by atoms with E-state index in [0.29, 0.717) is 0 Å². The van der Waals surface area contributed by atoms with Gasteiger partial charge in [0.15, 0.2) is 0 Å². The van der Waals surface area contributed by atoms with E-state index in [1.54, 1.807) is 6.20 Å². The molecule has 0 atom stereocenters. The highest BCUT2D eigenvalue weighted by Crippen LogP contribution is 2.32. The smallest absolute Gasteiger partial charge is 0.138 e. The summed E-state index contributed by atoms with van der Waals surface area (Å²) < 4.78 is 5.98. The second-order valence-corrected chi connectivity index (χ2v) is 7.03. The fourth-order valence-corrected chi connectivity index (χ4v) is 3.94. The number of nitrogens with one attached hydrogen (secondary N) is 1. The Labute approximate surface area is 161 Å². The van der Waals surface area contributed by atoms with Gasteiger partial charge in [0.05, 0.1) is 0 Å². The summed E-state index contributed by atoms with van der Waals surface area (Å²) in [6.45, 7) is 0. The molecule has 0 aliphatic carbocycles. The van der Waals surface area contributed by atoms with Crippen LogP contribution in [0.2, 0.25) is 0 Å². The Balaban J connectivity index is 1.45. The Morgan fingerprint density at radius 2 is 1.39 bits per heavy atom. The summed E-state index contributed by atoms with van der Waals surface area (Å²) >= 11 is 0. The zero-order valence-corrected chi connectivity index (χ0v) is 15.0. The van der Waals surface area contributed by atoms with E-state index in [2.05, 4.69) is 77.0 Å². The van der Waals surface area contributed by atoms with E-state index in [-0.39, 0.29) is 0 Å². The number of fused-ring (bicyclic) bond motifs is 6. The van der Waals surface area contributed by atoms with Crippen LogP contribution in [0.5, 0.6) is 0 Å². The first-order valence-corrected chi connectivity index (χ1v) is 9.30. The van der Waals surface area contributed by atoms with Crippen molar-refractivity contribution in [2.24, 2.45) is 0 Å². The Kier molecular flexibility index (Phi) is 3.17. The predicted octanol–water partition coefficient (Wildman–Crippen LogP) is 7.03. The third kappa shape index (κ3) is 2.33. The summed E-state index contributed by atoms with van der Waals surface area (Å²) in [5.74, 6) is 0. The van der Waals surface area contributed by atoms with Gasteiger partial charge in [-0.2, -0.15) is 0 Å². The average Bonchev–Trinajstić information content (AvgIpc) is 3.11. The predicted molar refractivity (Wildman–Crippen MR) is 116 cm³/mol. The normalized spacial score (nSPS) is 11.6. The van der Waals surface area contributed by atoms with Crippen molar-refractivity contribution in [2.45, 2.75) is 0 Å². The molecule has 28 heavy (non-hydrogen) atoms. The highest BCUT2D eigenvalue weighted by atomic mass is 16.3. The molecule has 132 valence electrons. The molecule has 0 amide bonds. The summed E-state index contributed by atoms with van der Waals surface area (Å²) in [7, 11) is 0. The number of nitrogens with zero attached hydrogens (tertiary/aromatic N) is 1. The molecule has 0 aliphatic heterocycles. The van der Waals surface area contributed by atoms with Crippen LogP contribution in [0.4, 0.5) is 11.4 Å². The van der Waals surface area contributed by atoms with Crippen LogP contribution >= 0.6 is 0 Å². The number of anilines is 2. The van der Waals surface area contributed by atoms with E-state index in [0.717, 1.165) is 33.3 Å². The molecule has 0 saturated carbocycles. The Morgan fingerprint density at radius 1 is 0.607 bits per heavy atom. The molecule has 0 bridgehead atoms. The summed E-state index contributed by atoms with van der Waals surface area (Å²) in [6.07, 6.45) is 3.60. The van der Waals surface area contributed by atoms with Crippen LogP contribution in [0.15, 0.2) is 95.7 Å². The molecule has 0 radical (unpaired) electrons. The first kappa shape index (κ1) is 15.2. The lowest BCUT2D eigenvalue weighted by atomic mass is 10.0. The fraction of sp³-hybridized carbons (Fsp3) is 0. The molecule has 0 saturated heterocycles. The van der Waals surface area contributed by atoms with Gasteiger partial charge in [-0.3, -0.25) is 4.98 Å². The monoisotopic (exact) mass is 360 g/mol. The number of pyridine rings is 1. The van der Waals surface area contributed by atoms with Crippen LogP contribution < -0.4 is 5.32 Å². The van der Waals surface area contributed by atoms with E-state index in [4.69, 9.17) is 4.42 Å². The van der Waals surface area contributed by atoms with Gasteiger partial charge in [0.2, 0.25) is 0 Å². The Hall–Kier alpha value is -3.85. The van der Waals surface area contributed by atoms with Crippen molar-refractivity contribution in [1.82, 2.24) is 4.98 Å². The van der Waals surface area contributed by atoms with Crippen LogP contribution in [0.25, 0.3) is 43.5 Å². The minimum atomic E-state index is 0.860. The number of hydrogen-bond acceptors (Lipinski definition) is 3. The van der Waals surface area contributed by atoms with E-state index in [1.165, 1.54) is 21.5 Å². The summed E-state index contributed by atoms with van der Waals surface area (Å²) in [6, 6.07) is 27.4. The molecule has 0 fully saturated rings. The standard InChI is InChI=1S/C25H16N2O/c1-2-4-20-16(3-1)5-6-17-7-8-18(13-22(17)20)27-19-9-10-21-23-15-26-12-11-24(23)28-25(21)14-19/h1-15,27H. The van der Waals surface area contributed by atoms with Crippen molar-refractivity contribution >= 4 is 54.9 Å². The Bertz CT molecular complexity index is 1500. The lowest BCUT2D eigenvalue weighted by molar-refractivity contribution is 0.668. The minimum Gasteiger partial charge on any atom is -0.456 e. The quantitative estimate of drug-likeness (QED) is 0.337. The topological polar surface area (TPSA) is 38.1 Å².